The molecule has 3 heterocycles. The fourth-order valence-electron chi connectivity index (χ4n) is 1.59. The van der Waals surface area contributed by atoms with E-state index < -0.39 is 0 Å². The Balaban J connectivity index is 2.21. The van der Waals surface area contributed by atoms with Gasteiger partial charge in [-0.2, -0.15) is 5.10 Å². The molecule has 0 aliphatic rings. The Morgan fingerprint density at radius 3 is 2.87 bits per heavy atom. The monoisotopic (exact) mass is 195 g/mol. The van der Waals surface area contributed by atoms with E-state index in [-0.39, 0.29) is 0 Å². The molecular formula is C12H9N3. The van der Waals surface area contributed by atoms with E-state index in [0.717, 1.165) is 16.8 Å². The second-order valence-electron chi connectivity index (χ2n) is 3.34. The fraction of sp³-hybridized carbons (Fsp3) is 0. The first-order chi connectivity index (χ1) is 7.43. The highest BCUT2D eigenvalue weighted by atomic mass is 15.2. The molecule has 0 N–H and O–H groups in total. The maximum Gasteiger partial charge on any atom is 0.0949 e. The van der Waals surface area contributed by atoms with Gasteiger partial charge >= 0.3 is 0 Å². The van der Waals surface area contributed by atoms with Crippen molar-refractivity contribution in [2.45, 2.75) is 0 Å². The van der Waals surface area contributed by atoms with Crippen molar-refractivity contribution in [1.82, 2.24) is 14.6 Å². The van der Waals surface area contributed by atoms with Crippen LogP contribution in [0.15, 0.2) is 55.0 Å². The first-order valence-corrected chi connectivity index (χ1v) is 4.78. The lowest BCUT2D eigenvalue weighted by molar-refractivity contribution is 0.965. The van der Waals surface area contributed by atoms with Crippen LogP contribution < -0.4 is 0 Å². The molecule has 0 aliphatic heterocycles. The number of aromatic nitrogens is 3. The van der Waals surface area contributed by atoms with Gasteiger partial charge in [0, 0.05) is 24.2 Å². The van der Waals surface area contributed by atoms with Crippen LogP contribution in [0.5, 0.6) is 0 Å². The van der Waals surface area contributed by atoms with Gasteiger partial charge in [-0.05, 0) is 30.3 Å². The number of rotatable bonds is 1. The van der Waals surface area contributed by atoms with Gasteiger partial charge in [-0.1, -0.05) is 6.07 Å². The lowest BCUT2D eigenvalue weighted by Gasteiger charge is -1.92. The van der Waals surface area contributed by atoms with Crippen LogP contribution in [0.1, 0.15) is 0 Å². The molecule has 3 rings (SSSR count). The van der Waals surface area contributed by atoms with Gasteiger partial charge in [0.1, 0.15) is 0 Å². The Hall–Kier alpha value is -2.16. The van der Waals surface area contributed by atoms with E-state index >= 15 is 0 Å². The van der Waals surface area contributed by atoms with E-state index in [2.05, 4.69) is 16.1 Å². The van der Waals surface area contributed by atoms with Gasteiger partial charge < -0.3 is 0 Å². The van der Waals surface area contributed by atoms with Crippen molar-refractivity contribution in [3.63, 3.8) is 0 Å². The van der Waals surface area contributed by atoms with Crippen molar-refractivity contribution in [1.29, 1.82) is 0 Å². The third-order valence-corrected chi connectivity index (χ3v) is 2.33. The Bertz CT molecular complexity index is 551. The average molecular weight is 195 g/mol. The molecule has 15 heavy (non-hydrogen) atoms. The van der Waals surface area contributed by atoms with Crippen molar-refractivity contribution in [3.8, 4) is 11.3 Å². The van der Waals surface area contributed by atoms with E-state index in [4.69, 9.17) is 0 Å². The standard InChI is InChI=1S/C12H9N3/c1-2-7-15-11(5-1)8-12(14-15)10-4-3-6-13-9-10/h1-9H. The van der Waals surface area contributed by atoms with Gasteiger partial charge in [-0.25, -0.2) is 4.52 Å². The summed E-state index contributed by atoms with van der Waals surface area (Å²) in [5.41, 5.74) is 3.09. The summed E-state index contributed by atoms with van der Waals surface area (Å²) >= 11 is 0. The van der Waals surface area contributed by atoms with Crippen LogP contribution in [0.2, 0.25) is 0 Å². The molecule has 3 aromatic heterocycles. The van der Waals surface area contributed by atoms with E-state index in [1.165, 1.54) is 0 Å². The number of hydrogen-bond donors (Lipinski definition) is 0. The van der Waals surface area contributed by atoms with Gasteiger partial charge in [0.15, 0.2) is 0 Å². The molecule has 0 saturated heterocycles. The minimum absolute atomic E-state index is 0.953. The van der Waals surface area contributed by atoms with Gasteiger partial charge in [-0.3, -0.25) is 4.98 Å². The summed E-state index contributed by atoms with van der Waals surface area (Å²) in [6, 6.07) is 12.0. The summed E-state index contributed by atoms with van der Waals surface area (Å²) in [5.74, 6) is 0. The van der Waals surface area contributed by atoms with Crippen LogP contribution >= 0.6 is 0 Å². The topological polar surface area (TPSA) is 30.2 Å². The quantitative estimate of drug-likeness (QED) is 0.596. The third kappa shape index (κ3) is 1.38. The smallest absolute Gasteiger partial charge is 0.0949 e. The van der Waals surface area contributed by atoms with E-state index in [1.54, 1.807) is 6.20 Å². The summed E-state index contributed by atoms with van der Waals surface area (Å²) in [5, 5.41) is 4.46. The summed E-state index contributed by atoms with van der Waals surface area (Å²) < 4.78 is 1.86. The zero-order valence-corrected chi connectivity index (χ0v) is 8.04. The SMILES string of the molecule is c1cncc(-c2cc3ccccn3n2)c1. The Morgan fingerprint density at radius 1 is 1.07 bits per heavy atom. The first kappa shape index (κ1) is 8.17. The lowest BCUT2D eigenvalue weighted by atomic mass is 10.2. The maximum absolute atomic E-state index is 4.46. The predicted molar refractivity (Wildman–Crippen MR) is 58.4 cm³/mol. The molecule has 0 amide bonds. The Morgan fingerprint density at radius 2 is 2.07 bits per heavy atom. The van der Waals surface area contributed by atoms with Crippen LogP contribution in [0.4, 0.5) is 0 Å². The largest absolute Gasteiger partial charge is 0.264 e. The van der Waals surface area contributed by atoms with Gasteiger partial charge in [0.05, 0.1) is 11.2 Å². The summed E-state index contributed by atoms with van der Waals surface area (Å²) in [6.45, 7) is 0. The first-order valence-electron chi connectivity index (χ1n) is 4.78. The zero-order valence-electron chi connectivity index (χ0n) is 8.04. The average Bonchev–Trinajstić information content (AvgIpc) is 2.74. The second-order valence-corrected chi connectivity index (χ2v) is 3.34. The Kier molecular flexibility index (Phi) is 1.75. The highest BCUT2D eigenvalue weighted by Gasteiger charge is 2.02. The maximum atomic E-state index is 4.46. The molecule has 0 radical (unpaired) electrons. The van der Waals surface area contributed by atoms with Crippen LogP contribution in [-0.4, -0.2) is 14.6 Å². The molecule has 3 heteroatoms. The van der Waals surface area contributed by atoms with Crippen molar-refractivity contribution >= 4 is 5.52 Å². The molecule has 0 atom stereocenters. The molecule has 72 valence electrons. The molecule has 0 spiro atoms. The predicted octanol–water partition coefficient (Wildman–Crippen LogP) is 2.40. The third-order valence-electron chi connectivity index (χ3n) is 2.33. The van der Waals surface area contributed by atoms with Crippen molar-refractivity contribution < 1.29 is 0 Å². The number of pyridine rings is 2. The molecule has 0 aromatic carbocycles. The van der Waals surface area contributed by atoms with Crippen LogP contribution in [-0.2, 0) is 0 Å². The van der Waals surface area contributed by atoms with E-state index in [1.807, 2.05) is 47.2 Å². The molecule has 0 aliphatic carbocycles. The molecular weight excluding hydrogens is 186 g/mol. The summed E-state index contributed by atoms with van der Waals surface area (Å²) in [4.78, 5) is 4.08. The number of nitrogens with zero attached hydrogens (tertiary/aromatic N) is 3. The molecule has 3 nitrogen and oxygen atoms in total. The number of fused-ring (bicyclic) bond motifs is 1. The molecule has 0 saturated carbocycles. The molecule has 3 aromatic rings. The van der Waals surface area contributed by atoms with Gasteiger partial charge in [0.2, 0.25) is 0 Å². The molecule has 0 unspecified atom stereocenters. The normalized spacial score (nSPS) is 10.7. The van der Waals surface area contributed by atoms with E-state index in [0.29, 0.717) is 0 Å². The zero-order chi connectivity index (χ0) is 10.1. The second kappa shape index (κ2) is 3.20. The minimum atomic E-state index is 0.953. The highest BCUT2D eigenvalue weighted by Crippen LogP contribution is 2.17. The minimum Gasteiger partial charge on any atom is -0.264 e. The van der Waals surface area contributed by atoms with Crippen LogP contribution in [0.25, 0.3) is 16.8 Å². The molecule has 0 fully saturated rings. The van der Waals surface area contributed by atoms with E-state index in [9.17, 15) is 0 Å². The lowest BCUT2D eigenvalue weighted by Crippen LogP contribution is -1.85. The summed E-state index contributed by atoms with van der Waals surface area (Å²) in [6.07, 6.45) is 5.52. The van der Waals surface area contributed by atoms with Crippen molar-refractivity contribution in [2.75, 3.05) is 0 Å². The highest BCUT2D eigenvalue weighted by molar-refractivity contribution is 5.64. The molecule has 0 bridgehead atoms. The fourth-order valence-corrected chi connectivity index (χ4v) is 1.59. The van der Waals surface area contributed by atoms with Gasteiger partial charge in [0.25, 0.3) is 0 Å². The Labute approximate surface area is 87.0 Å². The summed E-state index contributed by atoms with van der Waals surface area (Å²) in [7, 11) is 0. The van der Waals surface area contributed by atoms with Crippen LogP contribution in [0.3, 0.4) is 0 Å². The van der Waals surface area contributed by atoms with Crippen molar-refractivity contribution in [3.05, 3.63) is 55.0 Å². The van der Waals surface area contributed by atoms with Gasteiger partial charge in [-0.15, -0.1) is 0 Å². The van der Waals surface area contributed by atoms with Crippen molar-refractivity contribution in [2.24, 2.45) is 0 Å². The number of hydrogen-bond acceptors (Lipinski definition) is 2. The van der Waals surface area contributed by atoms with Crippen LogP contribution in [0, 0.1) is 0 Å².